The maximum atomic E-state index is 12.6. The number of nitrogens with one attached hydrogen (secondary N) is 2. The first-order valence-electron chi connectivity index (χ1n) is 8.68. The van der Waals surface area contributed by atoms with Gasteiger partial charge in [0.1, 0.15) is 0 Å². The Morgan fingerprint density at radius 1 is 1.38 bits per heavy atom. The Morgan fingerprint density at radius 2 is 2.08 bits per heavy atom. The van der Waals surface area contributed by atoms with E-state index in [0.29, 0.717) is 12.5 Å². The van der Waals surface area contributed by atoms with Crippen molar-refractivity contribution in [2.45, 2.75) is 38.5 Å². The fourth-order valence-corrected chi connectivity index (χ4v) is 4.17. The minimum atomic E-state index is -0.277. The maximum absolute atomic E-state index is 12.6. The molecule has 0 spiro atoms. The van der Waals surface area contributed by atoms with Crippen LogP contribution in [0.15, 0.2) is 22.5 Å². The summed E-state index contributed by atoms with van der Waals surface area (Å²) >= 11 is 1.78. The van der Waals surface area contributed by atoms with Crippen LogP contribution in [0, 0.1) is 5.41 Å². The molecule has 2 N–H and O–H groups in total. The van der Waals surface area contributed by atoms with Gasteiger partial charge in [-0.3, -0.25) is 9.79 Å². The molecule has 5 nitrogen and oxygen atoms in total. The number of carbonyl (C=O) groups is 1. The highest BCUT2D eigenvalue weighted by Gasteiger charge is 2.42. The number of nitrogens with zero attached hydrogens (tertiary/aromatic N) is 2. The summed E-state index contributed by atoms with van der Waals surface area (Å²) in [5.74, 6) is 1.44. The summed E-state index contributed by atoms with van der Waals surface area (Å²) in [5, 5.41) is 8.88. The zero-order valence-corrected chi connectivity index (χ0v) is 16.1. The van der Waals surface area contributed by atoms with Crippen molar-refractivity contribution in [3.8, 4) is 0 Å². The normalized spacial score (nSPS) is 18.2. The largest absolute Gasteiger partial charge is 0.356 e. The molecule has 0 aliphatic heterocycles. The Morgan fingerprint density at radius 3 is 2.62 bits per heavy atom. The van der Waals surface area contributed by atoms with Gasteiger partial charge in [0.05, 0.1) is 5.41 Å². The maximum Gasteiger partial charge on any atom is 0.230 e. The van der Waals surface area contributed by atoms with Crippen LogP contribution in [-0.2, 0) is 4.79 Å². The molecule has 6 heteroatoms. The predicted octanol–water partition coefficient (Wildman–Crippen LogP) is 2.67. The molecule has 0 bridgehead atoms. The van der Waals surface area contributed by atoms with Gasteiger partial charge < -0.3 is 15.5 Å². The minimum Gasteiger partial charge on any atom is -0.356 e. The number of rotatable bonds is 6. The summed E-state index contributed by atoms with van der Waals surface area (Å²) in [4.78, 5) is 20.0. The Kier molecular flexibility index (Phi) is 6.66. The number of carbonyl (C=O) groups excluding carboxylic acids is 1. The zero-order valence-electron chi connectivity index (χ0n) is 15.3. The number of aliphatic imine (C=N–C) groups is 1. The molecule has 1 aliphatic rings. The van der Waals surface area contributed by atoms with E-state index in [-0.39, 0.29) is 11.3 Å². The highest BCUT2D eigenvalue weighted by Crippen LogP contribution is 2.38. The van der Waals surface area contributed by atoms with Crippen LogP contribution in [0.2, 0.25) is 0 Å². The summed E-state index contributed by atoms with van der Waals surface area (Å²) in [5.41, 5.74) is -0.277. The lowest BCUT2D eigenvalue weighted by Crippen LogP contribution is -2.49. The first kappa shape index (κ1) is 18.8. The molecule has 1 saturated carbocycles. The molecule has 1 fully saturated rings. The van der Waals surface area contributed by atoms with Crippen LogP contribution >= 0.6 is 11.3 Å². The van der Waals surface area contributed by atoms with Crippen LogP contribution in [0.5, 0.6) is 0 Å². The number of hydrogen-bond donors (Lipinski definition) is 2. The molecule has 1 aromatic heterocycles. The van der Waals surface area contributed by atoms with Gasteiger partial charge in [-0.1, -0.05) is 25.8 Å². The van der Waals surface area contributed by atoms with E-state index in [4.69, 9.17) is 0 Å². The summed E-state index contributed by atoms with van der Waals surface area (Å²) in [7, 11) is 5.47. The molecule has 1 atom stereocenters. The monoisotopic (exact) mass is 350 g/mol. The molecule has 1 unspecified atom stereocenters. The van der Waals surface area contributed by atoms with Gasteiger partial charge in [-0.15, -0.1) is 11.3 Å². The summed E-state index contributed by atoms with van der Waals surface area (Å²) in [6, 6.07) is 4.25. The zero-order chi connectivity index (χ0) is 17.6. The number of guanidine groups is 1. The van der Waals surface area contributed by atoms with Crippen molar-refractivity contribution in [2.24, 2.45) is 10.4 Å². The Labute approximate surface area is 149 Å². The van der Waals surface area contributed by atoms with E-state index in [2.05, 4.69) is 40.1 Å². The molecule has 0 aromatic carbocycles. The van der Waals surface area contributed by atoms with Gasteiger partial charge >= 0.3 is 0 Å². The van der Waals surface area contributed by atoms with E-state index >= 15 is 0 Å². The van der Waals surface area contributed by atoms with Gasteiger partial charge in [0.15, 0.2) is 5.96 Å². The molecule has 0 radical (unpaired) electrons. The molecule has 134 valence electrons. The van der Waals surface area contributed by atoms with Crippen LogP contribution in [0.4, 0.5) is 0 Å². The second-order valence-electron chi connectivity index (χ2n) is 6.91. The topological polar surface area (TPSA) is 56.7 Å². The van der Waals surface area contributed by atoms with Crippen LogP contribution in [-0.4, -0.2) is 51.0 Å². The molecule has 2 rings (SSSR count). The number of hydrogen-bond acceptors (Lipinski definition) is 3. The standard InChI is InChI=1S/C18H30N4OS/c1-14(15-8-7-11-24-15)12-20-17(19-2)21-13-18(9-5-6-10-18)16(23)22(3)4/h7-8,11,14H,5-6,9-10,12-13H2,1-4H3,(H2,19,20,21). The third-order valence-electron chi connectivity index (χ3n) is 4.84. The fraction of sp³-hybridized carbons (Fsp3) is 0.667. The number of thiophene rings is 1. The smallest absolute Gasteiger partial charge is 0.230 e. The van der Waals surface area contributed by atoms with Crippen molar-refractivity contribution in [1.29, 1.82) is 0 Å². The third-order valence-corrected chi connectivity index (χ3v) is 5.95. The summed E-state index contributed by atoms with van der Waals surface area (Å²) in [6.45, 7) is 3.69. The molecule has 0 saturated heterocycles. The van der Waals surface area contributed by atoms with Crippen molar-refractivity contribution >= 4 is 23.2 Å². The Balaban J connectivity index is 1.89. The predicted molar refractivity (Wildman–Crippen MR) is 102 cm³/mol. The average Bonchev–Trinajstić information content (AvgIpc) is 3.26. The third kappa shape index (κ3) is 4.50. The second-order valence-corrected chi connectivity index (χ2v) is 7.89. The van der Waals surface area contributed by atoms with E-state index < -0.39 is 0 Å². The van der Waals surface area contributed by atoms with Crippen LogP contribution < -0.4 is 10.6 Å². The number of amides is 1. The summed E-state index contributed by atoms with van der Waals surface area (Å²) < 4.78 is 0. The van der Waals surface area contributed by atoms with Gasteiger partial charge in [-0.2, -0.15) is 0 Å². The second kappa shape index (κ2) is 8.51. The lowest BCUT2D eigenvalue weighted by Gasteiger charge is -2.31. The van der Waals surface area contributed by atoms with Crippen LogP contribution in [0.25, 0.3) is 0 Å². The molecule has 1 heterocycles. The van der Waals surface area contributed by atoms with E-state index in [9.17, 15) is 4.79 Å². The van der Waals surface area contributed by atoms with Gasteiger partial charge in [-0.25, -0.2) is 0 Å². The van der Waals surface area contributed by atoms with Gasteiger partial charge in [0.2, 0.25) is 5.91 Å². The minimum absolute atomic E-state index is 0.231. The first-order valence-corrected chi connectivity index (χ1v) is 9.56. The van der Waals surface area contributed by atoms with E-state index in [1.165, 1.54) is 4.88 Å². The van der Waals surface area contributed by atoms with E-state index in [1.54, 1.807) is 23.3 Å². The van der Waals surface area contributed by atoms with E-state index in [1.807, 2.05) is 14.1 Å². The van der Waals surface area contributed by atoms with Gasteiger partial charge in [0.25, 0.3) is 0 Å². The van der Waals surface area contributed by atoms with Crippen molar-refractivity contribution < 1.29 is 4.79 Å². The highest BCUT2D eigenvalue weighted by molar-refractivity contribution is 7.10. The van der Waals surface area contributed by atoms with Crippen molar-refractivity contribution in [3.05, 3.63) is 22.4 Å². The molecular weight excluding hydrogens is 320 g/mol. The lowest BCUT2D eigenvalue weighted by atomic mass is 9.84. The lowest BCUT2D eigenvalue weighted by molar-refractivity contribution is -0.138. The SMILES string of the molecule is CN=C(NCC(C)c1cccs1)NCC1(C(=O)N(C)C)CCCC1. The van der Waals surface area contributed by atoms with Crippen molar-refractivity contribution in [2.75, 3.05) is 34.2 Å². The van der Waals surface area contributed by atoms with Gasteiger partial charge in [0, 0.05) is 45.0 Å². The van der Waals surface area contributed by atoms with Crippen LogP contribution in [0.3, 0.4) is 0 Å². The molecule has 1 amide bonds. The Bertz CT molecular complexity index is 547. The fourth-order valence-electron chi connectivity index (χ4n) is 3.39. The summed E-state index contributed by atoms with van der Waals surface area (Å²) in [6.07, 6.45) is 4.17. The molecule has 24 heavy (non-hydrogen) atoms. The molecule has 1 aromatic rings. The Hall–Kier alpha value is -1.56. The first-order chi connectivity index (χ1) is 11.5. The average molecular weight is 351 g/mol. The van der Waals surface area contributed by atoms with Crippen LogP contribution in [0.1, 0.15) is 43.4 Å². The quantitative estimate of drug-likeness (QED) is 0.613. The highest BCUT2D eigenvalue weighted by atomic mass is 32.1. The van der Waals surface area contributed by atoms with Crippen molar-refractivity contribution in [3.63, 3.8) is 0 Å². The van der Waals surface area contributed by atoms with Crippen molar-refractivity contribution in [1.82, 2.24) is 15.5 Å². The van der Waals surface area contributed by atoms with Gasteiger partial charge in [-0.05, 0) is 24.3 Å². The molecular formula is C18H30N4OS. The van der Waals surface area contributed by atoms with E-state index in [0.717, 1.165) is 38.2 Å². The molecule has 1 aliphatic carbocycles.